The summed E-state index contributed by atoms with van der Waals surface area (Å²) in [6.45, 7) is 6.74. The fourth-order valence-corrected chi connectivity index (χ4v) is 4.11. The zero-order chi connectivity index (χ0) is 18.7. The molecule has 0 unspecified atom stereocenters. The van der Waals surface area contributed by atoms with Crippen molar-refractivity contribution in [2.75, 3.05) is 26.2 Å². The van der Waals surface area contributed by atoms with Crippen LogP contribution in [0.4, 0.5) is 13.2 Å². The number of alkyl halides is 3. The van der Waals surface area contributed by atoms with Gasteiger partial charge in [-0.3, -0.25) is 9.69 Å². The van der Waals surface area contributed by atoms with Gasteiger partial charge in [0.15, 0.2) is 0 Å². The number of carbonyl (C=O) groups is 2. The Kier molecular flexibility index (Phi) is 6.35. The minimum atomic E-state index is -5.08. The van der Waals surface area contributed by atoms with Crippen molar-refractivity contribution in [2.45, 2.75) is 63.6 Å². The van der Waals surface area contributed by atoms with Crippen molar-refractivity contribution in [3.63, 3.8) is 0 Å². The molecule has 3 fully saturated rings. The topological polar surface area (TPSA) is 60.9 Å². The van der Waals surface area contributed by atoms with Crippen LogP contribution in [-0.2, 0) is 9.59 Å². The number of hydrogen-bond donors (Lipinski definition) is 1. The van der Waals surface area contributed by atoms with Crippen molar-refractivity contribution < 1.29 is 27.9 Å². The molecule has 0 atom stereocenters. The summed E-state index contributed by atoms with van der Waals surface area (Å²) < 4.78 is 31.7. The summed E-state index contributed by atoms with van der Waals surface area (Å²) in [4.78, 5) is 26.0. The SMILES string of the molecule is CCN1CCCC12CCN(C(=O)C1CCC1)CC2.O=C(O)C(F)(F)F. The zero-order valence-corrected chi connectivity index (χ0v) is 14.6. The number of amides is 1. The van der Waals surface area contributed by atoms with Gasteiger partial charge >= 0.3 is 12.1 Å². The van der Waals surface area contributed by atoms with Gasteiger partial charge in [-0.2, -0.15) is 13.2 Å². The summed E-state index contributed by atoms with van der Waals surface area (Å²) in [5, 5.41) is 7.12. The van der Waals surface area contributed by atoms with E-state index in [2.05, 4.69) is 16.7 Å². The number of aliphatic carboxylic acids is 1. The zero-order valence-electron chi connectivity index (χ0n) is 14.6. The Morgan fingerprint density at radius 2 is 1.64 bits per heavy atom. The quantitative estimate of drug-likeness (QED) is 0.819. The summed E-state index contributed by atoms with van der Waals surface area (Å²) in [7, 11) is 0. The molecule has 0 bridgehead atoms. The first-order chi connectivity index (χ1) is 11.7. The molecule has 2 heterocycles. The summed E-state index contributed by atoms with van der Waals surface area (Å²) in [5.74, 6) is -1.92. The van der Waals surface area contributed by atoms with Crippen LogP contribution in [0.1, 0.15) is 51.9 Å². The van der Waals surface area contributed by atoms with E-state index in [4.69, 9.17) is 9.90 Å². The van der Waals surface area contributed by atoms with E-state index in [9.17, 15) is 18.0 Å². The van der Waals surface area contributed by atoms with Crippen LogP contribution < -0.4 is 0 Å². The molecule has 1 spiro atoms. The lowest BCUT2D eigenvalue weighted by Crippen LogP contribution is -2.54. The van der Waals surface area contributed by atoms with Crippen molar-refractivity contribution in [2.24, 2.45) is 5.92 Å². The maximum atomic E-state index is 12.2. The lowest BCUT2D eigenvalue weighted by atomic mass is 9.81. The molecule has 3 aliphatic rings. The summed E-state index contributed by atoms with van der Waals surface area (Å²) in [6.07, 6.45) is 3.58. The number of rotatable bonds is 2. The van der Waals surface area contributed by atoms with Gasteiger partial charge in [0.2, 0.25) is 5.91 Å². The second-order valence-corrected chi connectivity index (χ2v) is 7.16. The minimum Gasteiger partial charge on any atom is -0.475 e. The van der Waals surface area contributed by atoms with Crippen molar-refractivity contribution >= 4 is 11.9 Å². The molecule has 2 aliphatic heterocycles. The summed E-state index contributed by atoms with van der Waals surface area (Å²) in [6, 6.07) is 0. The third-order valence-electron chi connectivity index (χ3n) is 5.83. The van der Waals surface area contributed by atoms with Crippen LogP contribution in [0.5, 0.6) is 0 Å². The number of nitrogens with zero attached hydrogens (tertiary/aromatic N) is 2. The largest absolute Gasteiger partial charge is 0.490 e. The van der Waals surface area contributed by atoms with Crippen molar-refractivity contribution in [3.05, 3.63) is 0 Å². The Hall–Kier alpha value is -1.31. The van der Waals surface area contributed by atoms with Gasteiger partial charge in [0, 0.05) is 24.5 Å². The normalized spacial score (nSPS) is 23.8. The highest BCUT2D eigenvalue weighted by atomic mass is 19.4. The first-order valence-corrected chi connectivity index (χ1v) is 9.03. The Morgan fingerprint density at radius 3 is 2.04 bits per heavy atom. The number of carbonyl (C=O) groups excluding carboxylic acids is 1. The van der Waals surface area contributed by atoms with Gasteiger partial charge in [0.25, 0.3) is 0 Å². The van der Waals surface area contributed by atoms with Crippen LogP contribution >= 0.6 is 0 Å². The Morgan fingerprint density at radius 1 is 1.08 bits per heavy atom. The van der Waals surface area contributed by atoms with Crippen LogP contribution in [0.15, 0.2) is 0 Å². The third kappa shape index (κ3) is 4.65. The standard InChI is InChI=1S/C15H26N2O.C2HF3O2/c1-2-17-10-4-7-15(17)8-11-16(12-9-15)14(18)13-5-3-6-13;3-2(4,5)1(6)7/h13H,2-12H2,1H3;(H,6,7). The molecule has 3 rings (SSSR count). The number of hydrogen-bond acceptors (Lipinski definition) is 3. The number of halogens is 3. The molecule has 0 radical (unpaired) electrons. The van der Waals surface area contributed by atoms with Gasteiger partial charge in [-0.1, -0.05) is 13.3 Å². The number of carboxylic acid groups (broad SMARTS) is 1. The van der Waals surface area contributed by atoms with E-state index in [-0.39, 0.29) is 0 Å². The average Bonchev–Trinajstić information content (AvgIpc) is 2.88. The van der Waals surface area contributed by atoms with Gasteiger partial charge < -0.3 is 10.0 Å². The molecule has 5 nitrogen and oxygen atoms in total. The van der Waals surface area contributed by atoms with E-state index in [1.807, 2.05) is 0 Å². The second-order valence-electron chi connectivity index (χ2n) is 7.16. The van der Waals surface area contributed by atoms with Crippen molar-refractivity contribution in [3.8, 4) is 0 Å². The second kappa shape index (κ2) is 7.93. The molecule has 8 heteroatoms. The molecule has 1 saturated carbocycles. The van der Waals surface area contributed by atoms with E-state index >= 15 is 0 Å². The maximum Gasteiger partial charge on any atom is 0.490 e. The van der Waals surface area contributed by atoms with Crippen LogP contribution in [-0.4, -0.2) is 64.7 Å². The predicted octanol–water partition coefficient (Wildman–Crippen LogP) is 2.90. The molecule has 0 aromatic rings. The fraction of sp³-hybridized carbons (Fsp3) is 0.882. The molecular weight excluding hydrogens is 337 g/mol. The van der Waals surface area contributed by atoms with E-state index < -0.39 is 12.1 Å². The lowest BCUT2D eigenvalue weighted by molar-refractivity contribution is -0.192. The molecule has 2 saturated heterocycles. The van der Waals surface area contributed by atoms with Gasteiger partial charge in [-0.25, -0.2) is 4.79 Å². The average molecular weight is 364 g/mol. The molecule has 0 aromatic carbocycles. The molecule has 1 N–H and O–H groups in total. The molecule has 1 aliphatic carbocycles. The van der Waals surface area contributed by atoms with Gasteiger partial charge in [-0.05, 0) is 51.6 Å². The predicted molar refractivity (Wildman–Crippen MR) is 86.1 cm³/mol. The highest BCUT2D eigenvalue weighted by Crippen LogP contribution is 2.39. The highest BCUT2D eigenvalue weighted by Gasteiger charge is 2.43. The highest BCUT2D eigenvalue weighted by molar-refractivity contribution is 5.79. The summed E-state index contributed by atoms with van der Waals surface area (Å²) >= 11 is 0. The van der Waals surface area contributed by atoms with E-state index in [1.165, 1.54) is 45.2 Å². The van der Waals surface area contributed by atoms with Gasteiger partial charge in [0.1, 0.15) is 0 Å². The number of piperidine rings is 1. The first kappa shape index (κ1) is 20.0. The number of carboxylic acids is 1. The fourth-order valence-electron chi connectivity index (χ4n) is 4.11. The monoisotopic (exact) mass is 364 g/mol. The number of likely N-dealkylation sites (tertiary alicyclic amines) is 2. The van der Waals surface area contributed by atoms with Gasteiger partial charge in [-0.15, -0.1) is 0 Å². The molecule has 144 valence electrons. The Bertz CT molecular complexity index is 484. The molecule has 25 heavy (non-hydrogen) atoms. The van der Waals surface area contributed by atoms with Crippen molar-refractivity contribution in [1.82, 2.24) is 9.80 Å². The molecule has 1 amide bonds. The minimum absolute atomic E-state index is 0.380. The van der Waals surface area contributed by atoms with Crippen molar-refractivity contribution in [1.29, 1.82) is 0 Å². The van der Waals surface area contributed by atoms with E-state index in [1.54, 1.807) is 0 Å². The maximum absolute atomic E-state index is 12.2. The smallest absolute Gasteiger partial charge is 0.475 e. The lowest BCUT2D eigenvalue weighted by Gasteiger charge is -2.46. The Labute approximate surface area is 146 Å². The van der Waals surface area contributed by atoms with Gasteiger partial charge in [0.05, 0.1) is 0 Å². The molecular formula is C17H27F3N2O3. The third-order valence-corrected chi connectivity index (χ3v) is 5.83. The van der Waals surface area contributed by atoms with Crippen LogP contribution in [0, 0.1) is 5.92 Å². The summed E-state index contributed by atoms with van der Waals surface area (Å²) in [5.41, 5.74) is 0.450. The van der Waals surface area contributed by atoms with Crippen LogP contribution in [0.3, 0.4) is 0 Å². The van der Waals surface area contributed by atoms with E-state index in [0.717, 1.165) is 25.9 Å². The van der Waals surface area contributed by atoms with Crippen LogP contribution in [0.2, 0.25) is 0 Å². The molecule has 0 aromatic heterocycles. The van der Waals surface area contributed by atoms with E-state index in [0.29, 0.717) is 17.4 Å². The first-order valence-electron chi connectivity index (χ1n) is 9.03. The van der Waals surface area contributed by atoms with Crippen LogP contribution in [0.25, 0.3) is 0 Å². The Balaban J connectivity index is 0.000000277.